The maximum Gasteiger partial charge on any atom is 0.0794 e. The minimum absolute atomic E-state index is 0.582. The van der Waals surface area contributed by atoms with Crippen LogP contribution in [0.15, 0.2) is 29.1 Å². The predicted molar refractivity (Wildman–Crippen MR) is 70.2 cm³/mol. The Labute approximate surface area is 103 Å². The number of hydrogen-bond donors (Lipinski definition) is 2. The fourth-order valence-electron chi connectivity index (χ4n) is 1.38. The molecule has 1 aromatic heterocycles. The van der Waals surface area contributed by atoms with E-state index >= 15 is 0 Å². The maximum atomic E-state index is 5.92. The van der Waals surface area contributed by atoms with E-state index in [0.717, 1.165) is 24.3 Å². The Morgan fingerprint density at radius 1 is 1.44 bits per heavy atom. The number of nitrogens with zero attached hydrogens (tertiary/aromatic N) is 1. The number of aromatic nitrogens is 1. The monoisotopic (exact) mass is 253 g/mol. The van der Waals surface area contributed by atoms with E-state index in [1.54, 1.807) is 17.4 Å². The van der Waals surface area contributed by atoms with Gasteiger partial charge in [0.25, 0.3) is 0 Å². The van der Waals surface area contributed by atoms with Crippen molar-refractivity contribution in [2.45, 2.75) is 6.42 Å². The van der Waals surface area contributed by atoms with Crippen LogP contribution >= 0.6 is 22.9 Å². The van der Waals surface area contributed by atoms with Crippen molar-refractivity contribution in [2.75, 3.05) is 17.6 Å². The molecular formula is C11H12ClN3S. The molecule has 0 amide bonds. The van der Waals surface area contributed by atoms with Gasteiger partial charge < -0.3 is 11.1 Å². The molecule has 5 heteroatoms. The Hall–Kier alpha value is -1.26. The van der Waals surface area contributed by atoms with Crippen LogP contribution in [0.5, 0.6) is 0 Å². The summed E-state index contributed by atoms with van der Waals surface area (Å²) in [6.45, 7) is 0.800. The average Bonchev–Trinajstić information content (AvgIpc) is 2.77. The van der Waals surface area contributed by atoms with Gasteiger partial charge in [-0.15, -0.1) is 11.3 Å². The van der Waals surface area contributed by atoms with E-state index in [0.29, 0.717) is 10.7 Å². The van der Waals surface area contributed by atoms with Gasteiger partial charge in [0.05, 0.1) is 27.6 Å². The summed E-state index contributed by atoms with van der Waals surface area (Å²) in [6, 6.07) is 5.58. The molecule has 0 atom stereocenters. The zero-order valence-electron chi connectivity index (χ0n) is 8.61. The number of rotatable bonds is 4. The highest BCUT2D eigenvalue weighted by molar-refractivity contribution is 7.07. The first-order valence-corrected chi connectivity index (χ1v) is 6.24. The first-order chi connectivity index (χ1) is 7.77. The predicted octanol–water partition coefficient (Wildman–Crippen LogP) is 3.03. The Balaban J connectivity index is 1.92. The lowest BCUT2D eigenvalue weighted by Crippen LogP contribution is -2.07. The molecule has 0 spiro atoms. The molecule has 0 radical (unpaired) electrons. The van der Waals surface area contributed by atoms with E-state index in [4.69, 9.17) is 17.3 Å². The lowest BCUT2D eigenvalue weighted by molar-refractivity contribution is 0.978. The molecule has 2 aromatic rings. The minimum Gasteiger partial charge on any atom is -0.396 e. The molecular weight excluding hydrogens is 242 g/mol. The fraction of sp³-hybridized carbons (Fsp3) is 0.182. The van der Waals surface area contributed by atoms with Crippen LogP contribution in [-0.2, 0) is 6.42 Å². The third kappa shape index (κ3) is 2.65. The second kappa shape index (κ2) is 5.18. The molecule has 0 fully saturated rings. The number of nitrogen functional groups attached to an aromatic ring is 1. The van der Waals surface area contributed by atoms with Gasteiger partial charge in [0.2, 0.25) is 0 Å². The number of anilines is 2. The molecule has 3 nitrogen and oxygen atoms in total. The molecule has 0 bridgehead atoms. The van der Waals surface area contributed by atoms with Crippen LogP contribution < -0.4 is 11.1 Å². The third-order valence-electron chi connectivity index (χ3n) is 2.23. The van der Waals surface area contributed by atoms with E-state index in [1.807, 2.05) is 23.0 Å². The molecule has 16 heavy (non-hydrogen) atoms. The van der Waals surface area contributed by atoms with Gasteiger partial charge in [0, 0.05) is 18.3 Å². The average molecular weight is 254 g/mol. The van der Waals surface area contributed by atoms with Gasteiger partial charge in [-0.25, -0.2) is 4.98 Å². The molecule has 0 aliphatic carbocycles. The van der Waals surface area contributed by atoms with Gasteiger partial charge in [-0.3, -0.25) is 0 Å². The van der Waals surface area contributed by atoms with E-state index in [2.05, 4.69) is 10.3 Å². The van der Waals surface area contributed by atoms with E-state index in [1.165, 1.54) is 0 Å². The van der Waals surface area contributed by atoms with Crippen LogP contribution in [-0.4, -0.2) is 11.5 Å². The Morgan fingerprint density at radius 3 is 3.06 bits per heavy atom. The quantitative estimate of drug-likeness (QED) is 0.824. The number of thiazole rings is 1. The first kappa shape index (κ1) is 11.2. The van der Waals surface area contributed by atoms with Gasteiger partial charge in [-0.1, -0.05) is 17.7 Å². The summed E-state index contributed by atoms with van der Waals surface area (Å²) in [5.41, 5.74) is 10.2. The van der Waals surface area contributed by atoms with Gasteiger partial charge in [-0.2, -0.15) is 0 Å². The summed E-state index contributed by atoms with van der Waals surface area (Å²) in [5.74, 6) is 0. The SMILES string of the molecule is Nc1c(Cl)cccc1NCCc1cscn1. The molecule has 0 aliphatic heterocycles. The third-order valence-corrected chi connectivity index (χ3v) is 3.20. The number of nitrogens with two attached hydrogens (primary N) is 1. The Bertz CT molecular complexity index is 456. The highest BCUT2D eigenvalue weighted by Gasteiger charge is 2.02. The van der Waals surface area contributed by atoms with Gasteiger partial charge >= 0.3 is 0 Å². The molecule has 0 saturated heterocycles. The summed E-state index contributed by atoms with van der Waals surface area (Å²) in [6.07, 6.45) is 0.884. The zero-order chi connectivity index (χ0) is 11.4. The van der Waals surface area contributed by atoms with Crippen LogP contribution in [0.4, 0.5) is 11.4 Å². The number of hydrogen-bond acceptors (Lipinski definition) is 4. The van der Waals surface area contributed by atoms with E-state index in [9.17, 15) is 0 Å². The van der Waals surface area contributed by atoms with Crippen molar-refractivity contribution in [2.24, 2.45) is 0 Å². The van der Waals surface area contributed by atoms with Gasteiger partial charge in [-0.05, 0) is 12.1 Å². The molecule has 3 N–H and O–H groups in total. The van der Waals surface area contributed by atoms with Crippen molar-refractivity contribution >= 4 is 34.3 Å². The van der Waals surface area contributed by atoms with Crippen molar-refractivity contribution in [3.63, 3.8) is 0 Å². The van der Waals surface area contributed by atoms with Crippen LogP contribution in [0, 0.1) is 0 Å². The van der Waals surface area contributed by atoms with E-state index < -0.39 is 0 Å². The van der Waals surface area contributed by atoms with Crippen LogP contribution in [0.1, 0.15) is 5.69 Å². The molecule has 0 aliphatic rings. The highest BCUT2D eigenvalue weighted by atomic mass is 35.5. The topological polar surface area (TPSA) is 50.9 Å². The lowest BCUT2D eigenvalue weighted by Gasteiger charge is -2.09. The standard InChI is InChI=1S/C11H12ClN3S/c12-9-2-1-3-10(11(9)13)14-5-4-8-6-16-7-15-8/h1-3,6-7,14H,4-5,13H2. The van der Waals surface area contributed by atoms with Gasteiger partial charge in [0.15, 0.2) is 0 Å². The lowest BCUT2D eigenvalue weighted by atomic mass is 10.2. The second-order valence-electron chi connectivity index (χ2n) is 3.36. The summed E-state index contributed by atoms with van der Waals surface area (Å²) < 4.78 is 0. The molecule has 84 valence electrons. The number of para-hydroxylation sites is 1. The second-order valence-corrected chi connectivity index (χ2v) is 4.48. The largest absolute Gasteiger partial charge is 0.396 e. The summed E-state index contributed by atoms with van der Waals surface area (Å²) in [7, 11) is 0. The van der Waals surface area contributed by atoms with Crippen molar-refractivity contribution in [1.82, 2.24) is 4.98 Å². The molecule has 1 heterocycles. The summed E-state index contributed by atoms with van der Waals surface area (Å²) in [4.78, 5) is 4.21. The summed E-state index contributed by atoms with van der Waals surface area (Å²) >= 11 is 7.52. The smallest absolute Gasteiger partial charge is 0.0794 e. The maximum absolute atomic E-state index is 5.92. The number of nitrogens with one attached hydrogen (secondary N) is 1. The Morgan fingerprint density at radius 2 is 2.31 bits per heavy atom. The molecule has 0 unspecified atom stereocenters. The molecule has 1 aromatic carbocycles. The Kier molecular flexibility index (Phi) is 3.64. The minimum atomic E-state index is 0.582. The highest BCUT2D eigenvalue weighted by Crippen LogP contribution is 2.26. The van der Waals surface area contributed by atoms with Crippen molar-refractivity contribution in [1.29, 1.82) is 0 Å². The van der Waals surface area contributed by atoms with Crippen LogP contribution in [0.2, 0.25) is 5.02 Å². The normalized spacial score (nSPS) is 10.3. The number of benzene rings is 1. The fourth-order valence-corrected chi connectivity index (χ4v) is 2.14. The van der Waals surface area contributed by atoms with Crippen molar-refractivity contribution < 1.29 is 0 Å². The first-order valence-electron chi connectivity index (χ1n) is 4.92. The molecule has 0 saturated carbocycles. The van der Waals surface area contributed by atoms with Crippen molar-refractivity contribution in [3.8, 4) is 0 Å². The summed E-state index contributed by atoms with van der Waals surface area (Å²) in [5, 5.41) is 5.87. The van der Waals surface area contributed by atoms with Crippen LogP contribution in [0.3, 0.4) is 0 Å². The van der Waals surface area contributed by atoms with Crippen LogP contribution in [0.25, 0.3) is 0 Å². The number of halogens is 1. The van der Waals surface area contributed by atoms with Gasteiger partial charge in [0.1, 0.15) is 0 Å². The van der Waals surface area contributed by atoms with Crippen molar-refractivity contribution in [3.05, 3.63) is 39.8 Å². The molecule has 2 rings (SSSR count). The van der Waals surface area contributed by atoms with E-state index in [-0.39, 0.29) is 0 Å². The zero-order valence-corrected chi connectivity index (χ0v) is 10.2.